The van der Waals surface area contributed by atoms with Crippen molar-refractivity contribution in [1.29, 1.82) is 0 Å². The topological polar surface area (TPSA) is 71.3 Å². The minimum atomic E-state index is -0.0577. The Morgan fingerprint density at radius 3 is 2.59 bits per heavy atom. The molecule has 0 saturated carbocycles. The van der Waals surface area contributed by atoms with Gasteiger partial charge in [-0.05, 0) is 62.9 Å². The number of aryl methyl sites for hydroxylation is 3. The maximum atomic E-state index is 12.6. The number of likely N-dealkylation sites (tertiary alicyclic amines) is 1. The van der Waals surface area contributed by atoms with Gasteiger partial charge in [0.25, 0.3) is 0 Å². The molecule has 3 aromatic rings. The quantitative estimate of drug-likeness (QED) is 0.677. The molecule has 2 aromatic carbocycles. The zero-order valence-corrected chi connectivity index (χ0v) is 17.1. The average molecular weight is 390 g/mol. The second-order valence-electron chi connectivity index (χ2n) is 7.82. The SMILES string of the molecule is Cc1cccc(-c2noc(C3CCN(C(=O)Nc4ccc(C)c(C)c4)CC3)n2)c1. The van der Waals surface area contributed by atoms with E-state index >= 15 is 0 Å². The lowest BCUT2D eigenvalue weighted by atomic mass is 9.97. The first kappa shape index (κ1) is 19.2. The van der Waals surface area contributed by atoms with Crippen molar-refractivity contribution in [2.45, 2.75) is 39.5 Å². The highest BCUT2D eigenvalue weighted by Crippen LogP contribution is 2.29. The third kappa shape index (κ3) is 4.31. The summed E-state index contributed by atoms with van der Waals surface area (Å²) >= 11 is 0. The maximum Gasteiger partial charge on any atom is 0.321 e. The van der Waals surface area contributed by atoms with Crippen LogP contribution in [0.5, 0.6) is 0 Å². The number of amides is 2. The number of piperidine rings is 1. The highest BCUT2D eigenvalue weighted by molar-refractivity contribution is 5.89. The van der Waals surface area contributed by atoms with Gasteiger partial charge in [0, 0.05) is 30.3 Å². The molecule has 1 aromatic heterocycles. The summed E-state index contributed by atoms with van der Waals surface area (Å²) in [6.45, 7) is 7.50. The van der Waals surface area contributed by atoms with Crippen LogP contribution in [0.3, 0.4) is 0 Å². The van der Waals surface area contributed by atoms with Gasteiger partial charge in [0.05, 0.1) is 0 Å². The molecule has 29 heavy (non-hydrogen) atoms. The summed E-state index contributed by atoms with van der Waals surface area (Å²) < 4.78 is 5.53. The molecule has 2 amide bonds. The van der Waals surface area contributed by atoms with E-state index in [1.54, 1.807) is 0 Å². The zero-order valence-electron chi connectivity index (χ0n) is 17.1. The molecule has 1 aliphatic heterocycles. The van der Waals surface area contributed by atoms with Gasteiger partial charge in [-0.15, -0.1) is 0 Å². The molecule has 0 radical (unpaired) electrons. The summed E-state index contributed by atoms with van der Waals surface area (Å²) in [4.78, 5) is 19.0. The fourth-order valence-electron chi connectivity index (χ4n) is 3.65. The number of nitrogens with zero attached hydrogens (tertiary/aromatic N) is 3. The third-order valence-corrected chi connectivity index (χ3v) is 5.61. The average Bonchev–Trinajstić information content (AvgIpc) is 3.21. The number of carbonyl (C=O) groups is 1. The molecule has 0 bridgehead atoms. The fourth-order valence-corrected chi connectivity index (χ4v) is 3.65. The molecule has 0 atom stereocenters. The zero-order chi connectivity index (χ0) is 20.4. The summed E-state index contributed by atoms with van der Waals surface area (Å²) in [6.07, 6.45) is 1.63. The van der Waals surface area contributed by atoms with Crippen LogP contribution in [0.15, 0.2) is 47.0 Å². The van der Waals surface area contributed by atoms with Crippen LogP contribution in [0.25, 0.3) is 11.4 Å². The molecule has 2 heterocycles. The van der Waals surface area contributed by atoms with Gasteiger partial charge in [-0.25, -0.2) is 4.79 Å². The molecule has 1 N–H and O–H groups in total. The van der Waals surface area contributed by atoms with Crippen LogP contribution in [0.1, 0.15) is 41.3 Å². The first-order valence-corrected chi connectivity index (χ1v) is 10.0. The number of anilines is 1. The molecule has 1 saturated heterocycles. The van der Waals surface area contributed by atoms with Crippen molar-refractivity contribution in [3.63, 3.8) is 0 Å². The molecule has 6 nitrogen and oxygen atoms in total. The Morgan fingerprint density at radius 1 is 1.07 bits per heavy atom. The predicted molar refractivity (Wildman–Crippen MR) is 113 cm³/mol. The number of rotatable bonds is 3. The van der Waals surface area contributed by atoms with Gasteiger partial charge in [-0.1, -0.05) is 35.0 Å². The van der Waals surface area contributed by atoms with Gasteiger partial charge in [-0.3, -0.25) is 0 Å². The van der Waals surface area contributed by atoms with Crippen molar-refractivity contribution < 1.29 is 9.32 Å². The minimum Gasteiger partial charge on any atom is -0.339 e. The first-order chi connectivity index (χ1) is 14.0. The molecule has 1 fully saturated rings. The van der Waals surface area contributed by atoms with Crippen molar-refractivity contribution in [2.75, 3.05) is 18.4 Å². The Hall–Kier alpha value is -3.15. The first-order valence-electron chi connectivity index (χ1n) is 10.0. The van der Waals surface area contributed by atoms with Crippen LogP contribution in [0.4, 0.5) is 10.5 Å². The lowest BCUT2D eigenvalue weighted by molar-refractivity contribution is 0.187. The summed E-state index contributed by atoms with van der Waals surface area (Å²) in [5, 5.41) is 7.15. The Morgan fingerprint density at radius 2 is 1.86 bits per heavy atom. The number of aromatic nitrogens is 2. The van der Waals surface area contributed by atoms with Gasteiger partial charge in [-0.2, -0.15) is 4.98 Å². The van der Waals surface area contributed by atoms with Gasteiger partial charge in [0.15, 0.2) is 0 Å². The van der Waals surface area contributed by atoms with Crippen molar-refractivity contribution in [3.05, 3.63) is 65.0 Å². The number of hydrogen-bond acceptors (Lipinski definition) is 4. The molecule has 0 unspecified atom stereocenters. The summed E-state index contributed by atoms with van der Waals surface area (Å²) in [5.41, 5.74) is 5.35. The molecule has 0 aliphatic carbocycles. The number of carbonyl (C=O) groups excluding carboxylic acids is 1. The number of benzene rings is 2. The number of hydrogen-bond donors (Lipinski definition) is 1. The van der Waals surface area contributed by atoms with Crippen LogP contribution in [-0.4, -0.2) is 34.2 Å². The van der Waals surface area contributed by atoms with Crippen molar-refractivity contribution in [2.24, 2.45) is 0 Å². The lowest BCUT2D eigenvalue weighted by Gasteiger charge is -2.30. The number of urea groups is 1. The van der Waals surface area contributed by atoms with Gasteiger partial charge < -0.3 is 14.7 Å². The van der Waals surface area contributed by atoms with E-state index in [2.05, 4.69) is 22.4 Å². The van der Waals surface area contributed by atoms with E-state index in [4.69, 9.17) is 4.52 Å². The van der Waals surface area contributed by atoms with E-state index in [-0.39, 0.29) is 11.9 Å². The van der Waals surface area contributed by atoms with Crippen molar-refractivity contribution >= 4 is 11.7 Å². The van der Waals surface area contributed by atoms with E-state index in [1.807, 2.05) is 61.2 Å². The van der Waals surface area contributed by atoms with Gasteiger partial charge >= 0.3 is 6.03 Å². The Labute approximate surface area is 170 Å². The smallest absolute Gasteiger partial charge is 0.321 e. The van der Waals surface area contributed by atoms with E-state index in [0.29, 0.717) is 24.8 Å². The maximum absolute atomic E-state index is 12.6. The minimum absolute atomic E-state index is 0.0577. The van der Waals surface area contributed by atoms with Crippen LogP contribution in [0.2, 0.25) is 0 Å². The molecule has 1 aliphatic rings. The third-order valence-electron chi connectivity index (χ3n) is 5.61. The second kappa shape index (κ2) is 8.07. The Kier molecular flexibility index (Phi) is 5.34. The van der Waals surface area contributed by atoms with Crippen LogP contribution in [-0.2, 0) is 0 Å². The Balaban J connectivity index is 1.35. The summed E-state index contributed by atoms with van der Waals surface area (Å²) in [5.74, 6) is 1.47. The highest BCUT2D eigenvalue weighted by Gasteiger charge is 2.27. The van der Waals surface area contributed by atoms with Crippen molar-refractivity contribution in [1.82, 2.24) is 15.0 Å². The highest BCUT2D eigenvalue weighted by atomic mass is 16.5. The number of nitrogens with one attached hydrogen (secondary N) is 1. The second-order valence-corrected chi connectivity index (χ2v) is 7.82. The largest absolute Gasteiger partial charge is 0.339 e. The monoisotopic (exact) mass is 390 g/mol. The lowest BCUT2D eigenvalue weighted by Crippen LogP contribution is -2.40. The van der Waals surface area contributed by atoms with Crippen LogP contribution in [0, 0.1) is 20.8 Å². The molecule has 4 rings (SSSR count). The van der Waals surface area contributed by atoms with Gasteiger partial charge in [0.1, 0.15) is 0 Å². The molecular weight excluding hydrogens is 364 g/mol. The molecule has 0 spiro atoms. The standard InChI is InChI=1S/C23H26N4O2/c1-15-5-4-6-19(13-15)21-25-22(29-26-21)18-9-11-27(12-10-18)23(28)24-20-8-7-16(2)17(3)14-20/h4-8,13-14,18H,9-12H2,1-3H3,(H,24,28). The summed E-state index contributed by atoms with van der Waals surface area (Å²) in [6, 6.07) is 14.0. The molecule has 150 valence electrons. The Bertz CT molecular complexity index is 1020. The van der Waals surface area contributed by atoms with E-state index in [1.165, 1.54) is 11.1 Å². The molecular formula is C23H26N4O2. The summed E-state index contributed by atoms with van der Waals surface area (Å²) in [7, 11) is 0. The van der Waals surface area contributed by atoms with E-state index < -0.39 is 0 Å². The van der Waals surface area contributed by atoms with Gasteiger partial charge in [0.2, 0.25) is 11.7 Å². The van der Waals surface area contributed by atoms with E-state index in [9.17, 15) is 4.79 Å². The van der Waals surface area contributed by atoms with Crippen LogP contribution >= 0.6 is 0 Å². The van der Waals surface area contributed by atoms with Crippen molar-refractivity contribution in [3.8, 4) is 11.4 Å². The van der Waals surface area contributed by atoms with Crippen LogP contribution < -0.4 is 5.32 Å². The van der Waals surface area contributed by atoms with E-state index in [0.717, 1.165) is 29.7 Å². The normalized spacial score (nSPS) is 14.8. The fraction of sp³-hybridized carbons (Fsp3) is 0.348. The molecule has 6 heteroatoms. The predicted octanol–water partition coefficient (Wildman–Crippen LogP) is 5.07.